The first kappa shape index (κ1) is 13.8. The number of nitrogens with zero attached hydrogens (tertiary/aromatic N) is 2. The molecular weight excluding hydrogens is 328 g/mol. The van der Waals surface area contributed by atoms with E-state index in [0.29, 0.717) is 22.4 Å². The number of aromatic nitrogens is 2. The molecule has 0 bridgehead atoms. The second-order valence-corrected chi connectivity index (χ2v) is 5.58. The molecule has 4 N–H and O–H groups in total. The Hall–Kier alpha value is -1.60. The van der Waals surface area contributed by atoms with Gasteiger partial charge in [0.25, 0.3) is 0 Å². The Morgan fingerprint density at radius 2 is 1.74 bits per heavy atom. The Morgan fingerprint density at radius 3 is 2.32 bits per heavy atom. The minimum Gasteiger partial charge on any atom is -0.383 e. The first-order valence-corrected chi connectivity index (χ1v) is 7.14. The van der Waals surface area contributed by atoms with Crippen molar-refractivity contribution < 1.29 is 4.79 Å². The highest BCUT2D eigenvalue weighted by Gasteiger charge is 2.08. The topological polar surface area (TPSA) is 94.9 Å². The molecule has 0 atom stereocenters. The average Bonchev–Trinajstić information content (AvgIpc) is 2.36. The number of rotatable bonds is 4. The Balaban J connectivity index is 2.02. The fourth-order valence-electron chi connectivity index (χ4n) is 1.38. The van der Waals surface area contributed by atoms with E-state index in [1.807, 2.05) is 12.1 Å². The largest absolute Gasteiger partial charge is 0.383 e. The minimum absolute atomic E-state index is 0.00194. The highest BCUT2D eigenvalue weighted by molar-refractivity contribution is 9.10. The zero-order chi connectivity index (χ0) is 13.8. The Bertz CT molecular complexity index is 583. The second kappa shape index (κ2) is 6.03. The van der Waals surface area contributed by atoms with E-state index in [0.717, 1.165) is 4.47 Å². The predicted octanol–water partition coefficient (Wildman–Crippen LogP) is 2.38. The van der Waals surface area contributed by atoms with Crippen LogP contribution in [0.15, 0.2) is 40.0 Å². The molecule has 0 radical (unpaired) electrons. The van der Waals surface area contributed by atoms with Crippen LogP contribution in [-0.4, -0.2) is 21.5 Å². The molecule has 0 aliphatic rings. The molecule has 0 aliphatic carbocycles. The quantitative estimate of drug-likeness (QED) is 0.504. The molecule has 0 saturated carbocycles. The maximum absolute atomic E-state index is 11.9. The van der Waals surface area contributed by atoms with Crippen LogP contribution in [0.2, 0.25) is 0 Å². The molecule has 98 valence electrons. The van der Waals surface area contributed by atoms with Gasteiger partial charge in [-0.05, 0) is 12.1 Å². The number of Topliss-reactive ketones (excluding diaryl/α,β-unsaturated/α-hetero) is 1. The standard InChI is InChI=1S/C12H11BrN4OS/c13-8-3-1-7(2-4-8)9(18)6-19-12-16-10(14)5-11(15)17-12/h1-5H,6H2,(H4,14,15,16,17). The number of thioether (sulfide) groups is 1. The van der Waals surface area contributed by atoms with Crippen molar-refractivity contribution in [2.24, 2.45) is 0 Å². The number of nitrogens with two attached hydrogens (primary N) is 2. The Labute approximate surface area is 122 Å². The van der Waals surface area contributed by atoms with E-state index in [4.69, 9.17) is 11.5 Å². The fraction of sp³-hybridized carbons (Fsp3) is 0.0833. The number of carbonyl (C=O) groups is 1. The number of hydrogen-bond acceptors (Lipinski definition) is 6. The summed E-state index contributed by atoms with van der Waals surface area (Å²) in [6, 6.07) is 8.66. The van der Waals surface area contributed by atoms with Crippen molar-refractivity contribution in [1.82, 2.24) is 9.97 Å². The number of hydrogen-bond donors (Lipinski definition) is 2. The van der Waals surface area contributed by atoms with Gasteiger partial charge in [-0.1, -0.05) is 39.8 Å². The summed E-state index contributed by atoms with van der Waals surface area (Å²) >= 11 is 4.53. The molecule has 2 rings (SSSR count). The monoisotopic (exact) mass is 338 g/mol. The zero-order valence-corrected chi connectivity index (χ0v) is 12.2. The van der Waals surface area contributed by atoms with Gasteiger partial charge in [0.2, 0.25) is 0 Å². The summed E-state index contributed by atoms with van der Waals surface area (Å²) in [6.07, 6.45) is 0. The predicted molar refractivity (Wildman–Crippen MR) is 80.1 cm³/mol. The molecule has 0 fully saturated rings. The van der Waals surface area contributed by atoms with Crippen LogP contribution in [0.3, 0.4) is 0 Å². The van der Waals surface area contributed by atoms with Gasteiger partial charge in [0, 0.05) is 16.1 Å². The van der Waals surface area contributed by atoms with Gasteiger partial charge >= 0.3 is 0 Å². The van der Waals surface area contributed by atoms with E-state index in [1.54, 1.807) is 12.1 Å². The van der Waals surface area contributed by atoms with Gasteiger partial charge in [0.1, 0.15) is 11.6 Å². The summed E-state index contributed by atoms with van der Waals surface area (Å²) in [4.78, 5) is 20.0. The van der Waals surface area contributed by atoms with Crippen LogP contribution in [0.5, 0.6) is 0 Å². The summed E-state index contributed by atoms with van der Waals surface area (Å²) < 4.78 is 0.934. The number of halogens is 1. The van der Waals surface area contributed by atoms with Crippen LogP contribution in [-0.2, 0) is 0 Å². The van der Waals surface area contributed by atoms with Crippen LogP contribution < -0.4 is 11.5 Å². The van der Waals surface area contributed by atoms with Crippen LogP contribution in [0, 0.1) is 0 Å². The summed E-state index contributed by atoms with van der Waals surface area (Å²) in [5.41, 5.74) is 11.8. The molecule has 1 aromatic carbocycles. The van der Waals surface area contributed by atoms with Crippen molar-refractivity contribution in [2.75, 3.05) is 17.2 Å². The van der Waals surface area contributed by atoms with Gasteiger partial charge in [-0.15, -0.1) is 0 Å². The average molecular weight is 339 g/mol. The van der Waals surface area contributed by atoms with Crippen LogP contribution >= 0.6 is 27.7 Å². The van der Waals surface area contributed by atoms with E-state index in [-0.39, 0.29) is 11.5 Å². The number of nitrogen functional groups attached to an aromatic ring is 2. The molecule has 7 heteroatoms. The third-order valence-electron chi connectivity index (χ3n) is 2.24. The SMILES string of the molecule is Nc1cc(N)nc(SCC(=O)c2ccc(Br)cc2)n1. The van der Waals surface area contributed by atoms with Crippen molar-refractivity contribution >= 4 is 45.1 Å². The number of anilines is 2. The first-order valence-electron chi connectivity index (χ1n) is 5.36. The third kappa shape index (κ3) is 3.93. The number of carbonyl (C=O) groups excluding carboxylic acids is 1. The van der Waals surface area contributed by atoms with Crippen LogP contribution in [0.4, 0.5) is 11.6 Å². The summed E-state index contributed by atoms with van der Waals surface area (Å²) in [7, 11) is 0. The smallest absolute Gasteiger partial charge is 0.191 e. The maximum Gasteiger partial charge on any atom is 0.191 e. The molecule has 0 unspecified atom stereocenters. The summed E-state index contributed by atoms with van der Waals surface area (Å²) in [5, 5.41) is 0.406. The second-order valence-electron chi connectivity index (χ2n) is 3.72. The zero-order valence-electron chi connectivity index (χ0n) is 9.84. The van der Waals surface area contributed by atoms with E-state index >= 15 is 0 Å². The molecule has 5 nitrogen and oxygen atoms in total. The lowest BCUT2D eigenvalue weighted by Gasteiger charge is -2.03. The summed E-state index contributed by atoms with van der Waals surface area (Å²) in [5.74, 6) is 0.837. The molecule has 0 aliphatic heterocycles. The van der Waals surface area contributed by atoms with Crippen molar-refractivity contribution in [3.63, 3.8) is 0 Å². The maximum atomic E-state index is 11.9. The van der Waals surface area contributed by atoms with Gasteiger partial charge < -0.3 is 11.5 Å². The van der Waals surface area contributed by atoms with E-state index in [2.05, 4.69) is 25.9 Å². The van der Waals surface area contributed by atoms with Crippen molar-refractivity contribution in [3.05, 3.63) is 40.4 Å². The highest BCUT2D eigenvalue weighted by Crippen LogP contribution is 2.18. The van der Waals surface area contributed by atoms with Gasteiger partial charge in [-0.3, -0.25) is 4.79 Å². The first-order chi connectivity index (χ1) is 9.04. The van der Waals surface area contributed by atoms with Crippen LogP contribution in [0.1, 0.15) is 10.4 Å². The van der Waals surface area contributed by atoms with Crippen LogP contribution in [0.25, 0.3) is 0 Å². The molecule has 2 aromatic rings. The van der Waals surface area contributed by atoms with Crippen molar-refractivity contribution in [1.29, 1.82) is 0 Å². The lowest BCUT2D eigenvalue weighted by molar-refractivity contribution is 0.102. The number of ketones is 1. The molecule has 1 aromatic heterocycles. The van der Waals surface area contributed by atoms with E-state index in [1.165, 1.54) is 17.8 Å². The normalized spacial score (nSPS) is 10.4. The molecule has 1 heterocycles. The van der Waals surface area contributed by atoms with E-state index in [9.17, 15) is 4.79 Å². The highest BCUT2D eigenvalue weighted by atomic mass is 79.9. The molecule has 19 heavy (non-hydrogen) atoms. The number of benzene rings is 1. The fourth-order valence-corrected chi connectivity index (χ4v) is 2.41. The molecule has 0 amide bonds. The minimum atomic E-state index is 0.00194. The van der Waals surface area contributed by atoms with Gasteiger partial charge in [-0.25, -0.2) is 9.97 Å². The van der Waals surface area contributed by atoms with Gasteiger partial charge in [0.15, 0.2) is 10.9 Å². The third-order valence-corrected chi connectivity index (χ3v) is 3.62. The molecular formula is C12H11BrN4OS. The van der Waals surface area contributed by atoms with Gasteiger partial charge in [-0.2, -0.15) is 0 Å². The lowest BCUT2D eigenvalue weighted by atomic mass is 10.2. The Kier molecular flexibility index (Phi) is 4.39. The van der Waals surface area contributed by atoms with Crippen molar-refractivity contribution in [3.8, 4) is 0 Å². The van der Waals surface area contributed by atoms with E-state index < -0.39 is 0 Å². The molecule has 0 saturated heterocycles. The molecule has 0 spiro atoms. The lowest BCUT2D eigenvalue weighted by Crippen LogP contribution is -2.04. The van der Waals surface area contributed by atoms with Gasteiger partial charge in [0.05, 0.1) is 5.75 Å². The Morgan fingerprint density at radius 1 is 1.16 bits per heavy atom. The van der Waals surface area contributed by atoms with Crippen molar-refractivity contribution in [2.45, 2.75) is 5.16 Å². The summed E-state index contributed by atoms with van der Waals surface area (Å²) in [6.45, 7) is 0.